The molecule has 21 heavy (non-hydrogen) atoms. The molecule has 0 saturated heterocycles. The fourth-order valence-corrected chi connectivity index (χ4v) is 4.31. The molecule has 0 bridgehead atoms. The number of aryl methyl sites for hydroxylation is 2. The fourth-order valence-electron chi connectivity index (χ4n) is 2.76. The van der Waals surface area contributed by atoms with Crippen LogP contribution in [0.25, 0.3) is 0 Å². The second-order valence-corrected chi connectivity index (χ2v) is 7.52. The minimum atomic E-state index is -3.55. The zero-order valence-electron chi connectivity index (χ0n) is 11.6. The number of fused-ring (bicyclic) bond motifs is 1. The van der Waals surface area contributed by atoms with Gasteiger partial charge in [-0.05, 0) is 49.1 Å². The highest BCUT2D eigenvalue weighted by Crippen LogP contribution is 2.33. The molecule has 110 valence electrons. The van der Waals surface area contributed by atoms with E-state index in [1.54, 1.807) is 18.2 Å². The van der Waals surface area contributed by atoms with Gasteiger partial charge in [0.25, 0.3) is 0 Å². The van der Waals surface area contributed by atoms with Crippen molar-refractivity contribution in [3.8, 4) is 0 Å². The Morgan fingerprint density at radius 3 is 2.76 bits per heavy atom. The van der Waals surface area contributed by atoms with Crippen LogP contribution in [0.2, 0.25) is 5.02 Å². The molecule has 0 heterocycles. The van der Waals surface area contributed by atoms with Crippen molar-refractivity contribution >= 4 is 21.6 Å². The molecule has 0 aliphatic heterocycles. The van der Waals surface area contributed by atoms with Gasteiger partial charge in [0.15, 0.2) is 0 Å². The van der Waals surface area contributed by atoms with Gasteiger partial charge in [-0.15, -0.1) is 0 Å². The summed E-state index contributed by atoms with van der Waals surface area (Å²) in [6.45, 7) is 2.05. The Morgan fingerprint density at radius 2 is 2.00 bits per heavy atom. The summed E-state index contributed by atoms with van der Waals surface area (Å²) in [7, 11) is -3.55. The molecule has 1 aliphatic carbocycles. The van der Waals surface area contributed by atoms with Crippen molar-refractivity contribution in [2.24, 2.45) is 0 Å². The van der Waals surface area contributed by atoms with Gasteiger partial charge in [0.2, 0.25) is 10.0 Å². The third-order valence-electron chi connectivity index (χ3n) is 3.78. The Hall–Kier alpha value is -1.36. The van der Waals surface area contributed by atoms with Gasteiger partial charge in [-0.2, -0.15) is 0 Å². The number of benzene rings is 2. The topological polar surface area (TPSA) is 46.2 Å². The van der Waals surface area contributed by atoms with Gasteiger partial charge in [0, 0.05) is 11.1 Å². The molecular weight excluding hydrogens is 306 g/mol. The first-order valence-corrected chi connectivity index (χ1v) is 8.69. The molecule has 3 nitrogen and oxygen atoms in total. The van der Waals surface area contributed by atoms with E-state index in [1.807, 2.05) is 19.1 Å². The highest BCUT2D eigenvalue weighted by atomic mass is 35.5. The number of sulfonamides is 1. The molecule has 2 aromatic rings. The van der Waals surface area contributed by atoms with E-state index >= 15 is 0 Å². The largest absolute Gasteiger partial charge is 0.241 e. The third kappa shape index (κ3) is 2.98. The van der Waals surface area contributed by atoms with E-state index in [2.05, 4.69) is 10.8 Å². The zero-order chi connectivity index (χ0) is 15.0. The Labute approximate surface area is 130 Å². The molecule has 0 saturated carbocycles. The molecule has 2 aromatic carbocycles. The van der Waals surface area contributed by atoms with Crippen LogP contribution in [0.5, 0.6) is 0 Å². The monoisotopic (exact) mass is 321 g/mol. The van der Waals surface area contributed by atoms with E-state index in [0.717, 1.165) is 18.4 Å². The van der Waals surface area contributed by atoms with Crippen LogP contribution in [0.1, 0.15) is 29.2 Å². The average molecular weight is 322 g/mol. The van der Waals surface area contributed by atoms with E-state index in [4.69, 9.17) is 11.6 Å². The Morgan fingerprint density at radius 1 is 1.19 bits per heavy atom. The Kier molecular flexibility index (Phi) is 3.78. The first kappa shape index (κ1) is 14.6. The predicted octanol–water partition coefficient (Wildman–Crippen LogP) is 3.61. The average Bonchev–Trinajstić information content (AvgIpc) is 2.80. The van der Waals surface area contributed by atoms with Crippen molar-refractivity contribution in [3.05, 3.63) is 64.2 Å². The van der Waals surface area contributed by atoms with Crippen LogP contribution in [-0.2, 0) is 16.4 Å². The van der Waals surface area contributed by atoms with E-state index in [0.29, 0.717) is 5.02 Å². The molecule has 1 N–H and O–H groups in total. The summed E-state index contributed by atoms with van der Waals surface area (Å²) in [4.78, 5) is 0.204. The molecule has 0 radical (unpaired) electrons. The lowest BCUT2D eigenvalue weighted by Crippen LogP contribution is -2.27. The quantitative estimate of drug-likeness (QED) is 0.938. The maximum absolute atomic E-state index is 12.4. The summed E-state index contributed by atoms with van der Waals surface area (Å²) in [5, 5.41) is 0.417. The molecule has 3 rings (SSSR count). The van der Waals surface area contributed by atoms with E-state index in [9.17, 15) is 8.42 Å². The highest BCUT2D eigenvalue weighted by molar-refractivity contribution is 7.89. The summed E-state index contributed by atoms with van der Waals surface area (Å²) in [5.41, 5.74) is 3.51. The standard InChI is InChI=1S/C16H16ClNO2S/c1-11-5-7-15-12(9-11)6-8-16(15)18-21(19,20)14-4-2-3-13(17)10-14/h2-5,7,9-10,16,18H,6,8H2,1H3. The molecule has 0 fully saturated rings. The van der Waals surface area contributed by atoms with Gasteiger partial charge in [-0.1, -0.05) is 41.4 Å². The number of hydrogen-bond donors (Lipinski definition) is 1. The van der Waals surface area contributed by atoms with E-state index in [-0.39, 0.29) is 10.9 Å². The summed E-state index contributed by atoms with van der Waals surface area (Å²) in [6, 6.07) is 12.3. The summed E-state index contributed by atoms with van der Waals surface area (Å²) < 4.78 is 27.7. The van der Waals surface area contributed by atoms with Crippen molar-refractivity contribution in [2.45, 2.75) is 30.7 Å². The van der Waals surface area contributed by atoms with Crippen LogP contribution in [-0.4, -0.2) is 8.42 Å². The molecule has 1 unspecified atom stereocenters. The first-order chi connectivity index (χ1) is 9.95. The molecular formula is C16H16ClNO2S. The Bertz CT molecular complexity index is 787. The molecule has 0 aromatic heterocycles. The molecule has 0 amide bonds. The van der Waals surface area contributed by atoms with Crippen molar-refractivity contribution in [2.75, 3.05) is 0 Å². The molecule has 1 atom stereocenters. The lowest BCUT2D eigenvalue weighted by atomic mass is 10.1. The third-order valence-corrected chi connectivity index (χ3v) is 5.48. The SMILES string of the molecule is Cc1ccc2c(c1)CCC2NS(=O)(=O)c1cccc(Cl)c1. The minimum absolute atomic E-state index is 0.162. The maximum atomic E-state index is 12.4. The normalized spacial score (nSPS) is 17.7. The van der Waals surface area contributed by atoms with Gasteiger partial charge in [0.1, 0.15) is 0 Å². The maximum Gasteiger partial charge on any atom is 0.241 e. The summed E-state index contributed by atoms with van der Waals surface area (Å²) in [6.07, 6.45) is 1.69. The van der Waals surface area contributed by atoms with E-state index < -0.39 is 10.0 Å². The lowest BCUT2D eigenvalue weighted by Gasteiger charge is -2.15. The molecule has 1 aliphatic rings. The number of halogens is 1. The zero-order valence-corrected chi connectivity index (χ0v) is 13.2. The molecule has 0 spiro atoms. The van der Waals surface area contributed by atoms with Crippen molar-refractivity contribution in [3.63, 3.8) is 0 Å². The highest BCUT2D eigenvalue weighted by Gasteiger charge is 2.27. The van der Waals surface area contributed by atoms with Gasteiger partial charge < -0.3 is 0 Å². The fraction of sp³-hybridized carbons (Fsp3) is 0.250. The second kappa shape index (κ2) is 5.44. The summed E-state index contributed by atoms with van der Waals surface area (Å²) in [5.74, 6) is 0. The van der Waals surface area contributed by atoms with Gasteiger partial charge in [-0.25, -0.2) is 13.1 Å². The first-order valence-electron chi connectivity index (χ1n) is 6.83. The van der Waals surface area contributed by atoms with Crippen molar-refractivity contribution in [1.29, 1.82) is 0 Å². The van der Waals surface area contributed by atoms with Crippen molar-refractivity contribution in [1.82, 2.24) is 4.72 Å². The lowest BCUT2D eigenvalue weighted by molar-refractivity contribution is 0.554. The number of nitrogens with one attached hydrogen (secondary N) is 1. The predicted molar refractivity (Wildman–Crippen MR) is 84.0 cm³/mol. The van der Waals surface area contributed by atoms with Gasteiger partial charge >= 0.3 is 0 Å². The van der Waals surface area contributed by atoms with Crippen LogP contribution >= 0.6 is 11.6 Å². The van der Waals surface area contributed by atoms with Crippen molar-refractivity contribution < 1.29 is 8.42 Å². The van der Waals surface area contributed by atoms with Crippen LogP contribution in [0.4, 0.5) is 0 Å². The molecule has 5 heteroatoms. The second-order valence-electron chi connectivity index (χ2n) is 5.37. The van der Waals surface area contributed by atoms with Crippen LogP contribution in [0.3, 0.4) is 0 Å². The number of rotatable bonds is 3. The number of hydrogen-bond acceptors (Lipinski definition) is 2. The van der Waals surface area contributed by atoms with Crippen LogP contribution in [0.15, 0.2) is 47.4 Å². The minimum Gasteiger partial charge on any atom is -0.207 e. The summed E-state index contributed by atoms with van der Waals surface area (Å²) >= 11 is 5.87. The van der Waals surface area contributed by atoms with Gasteiger partial charge in [0.05, 0.1) is 4.90 Å². The van der Waals surface area contributed by atoms with Crippen LogP contribution in [0, 0.1) is 6.92 Å². The van der Waals surface area contributed by atoms with E-state index in [1.165, 1.54) is 17.2 Å². The van der Waals surface area contributed by atoms with Crippen LogP contribution < -0.4 is 4.72 Å². The smallest absolute Gasteiger partial charge is 0.207 e. The Balaban J connectivity index is 1.88. The van der Waals surface area contributed by atoms with Gasteiger partial charge in [-0.3, -0.25) is 0 Å².